The first kappa shape index (κ1) is 27.6. The molecule has 4 aromatic carbocycles. The molecule has 0 radical (unpaired) electrons. The maximum atomic E-state index is 13.7. The molecule has 6 rings (SSSR count). The molecule has 0 aliphatic rings. The van der Waals surface area contributed by atoms with Crippen LogP contribution in [0.4, 0.5) is 0 Å². The van der Waals surface area contributed by atoms with Crippen molar-refractivity contribution in [3.05, 3.63) is 127 Å². The summed E-state index contributed by atoms with van der Waals surface area (Å²) >= 11 is 1.55. The number of thioether (sulfide) groups is 1. The van der Waals surface area contributed by atoms with E-state index in [0.717, 1.165) is 22.4 Å². The van der Waals surface area contributed by atoms with Gasteiger partial charge in [-0.25, -0.2) is 12.4 Å². The van der Waals surface area contributed by atoms with Crippen molar-refractivity contribution >= 4 is 38.8 Å². The third-order valence-corrected chi connectivity index (χ3v) is 9.25. The number of para-hydroxylation sites is 1. The molecule has 0 amide bonds. The van der Waals surface area contributed by atoms with Crippen molar-refractivity contribution in [2.24, 2.45) is 0 Å². The lowest BCUT2D eigenvalue weighted by atomic mass is 10.1. The van der Waals surface area contributed by atoms with Crippen LogP contribution < -0.4 is 4.74 Å². The van der Waals surface area contributed by atoms with E-state index < -0.39 is 10.0 Å². The molecule has 0 saturated heterocycles. The van der Waals surface area contributed by atoms with E-state index in [9.17, 15) is 8.42 Å². The van der Waals surface area contributed by atoms with E-state index in [1.54, 1.807) is 54.4 Å². The number of nitrogens with zero attached hydrogens (tertiary/aromatic N) is 4. The van der Waals surface area contributed by atoms with Crippen LogP contribution >= 0.6 is 11.8 Å². The van der Waals surface area contributed by atoms with Gasteiger partial charge in [-0.15, -0.1) is 10.2 Å². The molecule has 0 atom stereocenters. The summed E-state index contributed by atoms with van der Waals surface area (Å²) in [7, 11) is -3.85. The van der Waals surface area contributed by atoms with E-state index in [1.165, 1.54) is 3.97 Å². The lowest BCUT2D eigenvalue weighted by Gasteiger charge is -2.11. The third kappa shape index (κ3) is 5.48. The van der Waals surface area contributed by atoms with Crippen molar-refractivity contribution < 1.29 is 13.2 Å². The Hall–Kier alpha value is -4.60. The first-order valence-corrected chi connectivity index (χ1v) is 15.9. The number of rotatable bonds is 10. The first-order chi connectivity index (χ1) is 20.6. The molecule has 0 aliphatic carbocycles. The number of benzene rings is 4. The van der Waals surface area contributed by atoms with Crippen molar-refractivity contribution in [3.63, 3.8) is 0 Å². The molecule has 0 aliphatic heterocycles. The fourth-order valence-electron chi connectivity index (χ4n) is 4.73. The average molecular weight is 593 g/mol. The van der Waals surface area contributed by atoms with Gasteiger partial charge in [-0.2, -0.15) is 0 Å². The van der Waals surface area contributed by atoms with Crippen LogP contribution in [0, 0.1) is 0 Å². The molecule has 6 aromatic rings. The Labute approximate surface area is 249 Å². The second kappa shape index (κ2) is 12.1. The number of fused-ring (bicyclic) bond motifs is 1. The van der Waals surface area contributed by atoms with Gasteiger partial charge in [0.25, 0.3) is 10.0 Å². The summed E-state index contributed by atoms with van der Waals surface area (Å²) < 4.78 is 36.4. The molecule has 9 heteroatoms. The van der Waals surface area contributed by atoms with Crippen LogP contribution in [-0.4, -0.2) is 39.5 Å². The molecule has 0 fully saturated rings. The SMILES string of the molecule is CCOc1ccc(-n2c(SCC=Cc3ccccc3)nnc2-c2cn(S(=O)(=O)c3ccccc3)c3ccccc23)cc1. The lowest BCUT2D eigenvalue weighted by Crippen LogP contribution is -2.11. The van der Waals surface area contributed by atoms with Crippen molar-refractivity contribution in [2.75, 3.05) is 12.4 Å². The minimum atomic E-state index is -3.85. The minimum Gasteiger partial charge on any atom is -0.494 e. The van der Waals surface area contributed by atoms with Crippen molar-refractivity contribution in [3.8, 4) is 22.8 Å². The highest BCUT2D eigenvalue weighted by molar-refractivity contribution is 7.99. The Morgan fingerprint density at radius 3 is 2.26 bits per heavy atom. The molecule has 0 saturated carbocycles. The van der Waals surface area contributed by atoms with Gasteiger partial charge in [0, 0.05) is 28.6 Å². The van der Waals surface area contributed by atoms with E-state index in [-0.39, 0.29) is 4.90 Å². The third-order valence-electron chi connectivity index (χ3n) is 6.68. The molecule has 7 nitrogen and oxygen atoms in total. The fraction of sp³-hybridized carbons (Fsp3) is 0.0909. The van der Waals surface area contributed by atoms with Gasteiger partial charge < -0.3 is 4.74 Å². The van der Waals surface area contributed by atoms with Crippen molar-refractivity contribution in [2.45, 2.75) is 17.0 Å². The van der Waals surface area contributed by atoms with E-state index in [1.807, 2.05) is 72.2 Å². The summed E-state index contributed by atoms with van der Waals surface area (Å²) in [5.41, 5.74) is 3.20. The zero-order chi connectivity index (χ0) is 28.9. The summed E-state index contributed by atoms with van der Waals surface area (Å²) in [5.74, 6) is 1.99. The molecule has 0 N–H and O–H groups in total. The molecule has 42 heavy (non-hydrogen) atoms. The van der Waals surface area contributed by atoms with Gasteiger partial charge in [-0.05, 0) is 55.0 Å². The highest BCUT2D eigenvalue weighted by atomic mass is 32.2. The Morgan fingerprint density at radius 1 is 0.833 bits per heavy atom. The van der Waals surface area contributed by atoms with Gasteiger partial charge in [0.2, 0.25) is 0 Å². The van der Waals surface area contributed by atoms with Crippen LogP contribution in [0.3, 0.4) is 0 Å². The molecule has 210 valence electrons. The molecular formula is C33H28N4O3S2. The second-order valence-electron chi connectivity index (χ2n) is 9.37. The van der Waals surface area contributed by atoms with Crippen LogP contribution in [0.15, 0.2) is 132 Å². The van der Waals surface area contributed by atoms with E-state index in [2.05, 4.69) is 34.5 Å². The largest absolute Gasteiger partial charge is 0.494 e. The summed E-state index contributed by atoms with van der Waals surface area (Å²) in [6.07, 6.45) is 5.81. The Morgan fingerprint density at radius 2 is 1.52 bits per heavy atom. The van der Waals surface area contributed by atoms with Crippen LogP contribution in [-0.2, 0) is 10.0 Å². The van der Waals surface area contributed by atoms with Crippen molar-refractivity contribution in [1.82, 2.24) is 18.7 Å². The maximum absolute atomic E-state index is 13.7. The normalized spacial score (nSPS) is 11.8. The van der Waals surface area contributed by atoms with E-state index in [4.69, 9.17) is 4.74 Å². The topological polar surface area (TPSA) is 79.0 Å². The zero-order valence-corrected chi connectivity index (χ0v) is 24.5. The van der Waals surface area contributed by atoms with Gasteiger partial charge in [0.1, 0.15) is 5.75 Å². The molecular weight excluding hydrogens is 565 g/mol. The van der Waals surface area contributed by atoms with Crippen LogP contribution in [0.1, 0.15) is 12.5 Å². The van der Waals surface area contributed by atoms with Crippen LogP contribution in [0.25, 0.3) is 34.1 Å². The fourth-order valence-corrected chi connectivity index (χ4v) is 6.88. The predicted octanol–water partition coefficient (Wildman–Crippen LogP) is 7.33. The quantitative estimate of drug-likeness (QED) is 0.155. The minimum absolute atomic E-state index is 0.215. The van der Waals surface area contributed by atoms with Gasteiger partial charge in [-0.3, -0.25) is 4.57 Å². The second-order valence-corrected chi connectivity index (χ2v) is 12.2. The molecule has 2 aromatic heterocycles. The lowest BCUT2D eigenvalue weighted by molar-refractivity contribution is 0.340. The Bertz CT molecular complexity index is 1950. The molecule has 0 bridgehead atoms. The number of hydrogen-bond donors (Lipinski definition) is 0. The highest BCUT2D eigenvalue weighted by Gasteiger charge is 2.25. The van der Waals surface area contributed by atoms with Gasteiger partial charge in [0.05, 0.1) is 17.0 Å². The Kier molecular flexibility index (Phi) is 7.94. The predicted molar refractivity (Wildman–Crippen MR) is 169 cm³/mol. The monoisotopic (exact) mass is 592 g/mol. The van der Waals surface area contributed by atoms with E-state index >= 15 is 0 Å². The number of aromatic nitrogens is 4. The van der Waals surface area contributed by atoms with Crippen molar-refractivity contribution in [1.29, 1.82) is 0 Å². The van der Waals surface area contributed by atoms with Crippen LogP contribution in [0.2, 0.25) is 0 Å². The smallest absolute Gasteiger partial charge is 0.268 e. The molecule has 0 spiro atoms. The van der Waals surface area contributed by atoms with Crippen LogP contribution in [0.5, 0.6) is 5.75 Å². The first-order valence-electron chi connectivity index (χ1n) is 13.5. The molecule has 0 unspecified atom stereocenters. The van der Waals surface area contributed by atoms with E-state index in [0.29, 0.717) is 34.4 Å². The number of ether oxygens (including phenoxy) is 1. The Balaban J connectivity index is 1.45. The maximum Gasteiger partial charge on any atom is 0.268 e. The van der Waals surface area contributed by atoms with Gasteiger partial charge in [-0.1, -0.05) is 90.6 Å². The zero-order valence-electron chi connectivity index (χ0n) is 22.9. The average Bonchev–Trinajstić information content (AvgIpc) is 3.63. The van der Waals surface area contributed by atoms with Gasteiger partial charge in [0.15, 0.2) is 11.0 Å². The van der Waals surface area contributed by atoms with Gasteiger partial charge >= 0.3 is 0 Å². The summed E-state index contributed by atoms with van der Waals surface area (Å²) in [4.78, 5) is 0.215. The number of hydrogen-bond acceptors (Lipinski definition) is 6. The molecule has 2 heterocycles. The highest BCUT2D eigenvalue weighted by Crippen LogP contribution is 2.35. The summed E-state index contributed by atoms with van der Waals surface area (Å²) in [6.45, 7) is 2.52. The summed E-state index contributed by atoms with van der Waals surface area (Å²) in [6, 6.07) is 33.8. The standard InChI is InChI=1S/C33H28N4O3S2/c1-2-40-27-21-19-26(20-22-27)37-32(34-35-33(37)41-23-11-14-25-12-5-3-6-13-25)30-24-36(31-18-10-9-17-29(30)31)42(38,39)28-15-7-4-8-16-28/h3-22,24H,2,23H2,1H3. The summed E-state index contributed by atoms with van der Waals surface area (Å²) in [5, 5.41) is 10.6.